The molecule has 0 bridgehead atoms. The molecule has 2 N–H and O–H groups in total. The lowest BCUT2D eigenvalue weighted by Crippen LogP contribution is -2.50. The van der Waals surface area contributed by atoms with Crippen LogP contribution in [0.2, 0.25) is 0 Å². The normalized spacial score (nSPS) is 17.8. The van der Waals surface area contributed by atoms with Gasteiger partial charge in [0.15, 0.2) is 5.96 Å². The van der Waals surface area contributed by atoms with Crippen LogP contribution in [0.4, 0.5) is 0 Å². The molecule has 2 heterocycles. The second-order valence-corrected chi connectivity index (χ2v) is 8.65. The highest BCUT2D eigenvalue weighted by molar-refractivity contribution is 5.79. The molecule has 7 nitrogen and oxygen atoms in total. The number of para-hydroxylation sites is 1. The van der Waals surface area contributed by atoms with Crippen molar-refractivity contribution >= 4 is 5.96 Å². The van der Waals surface area contributed by atoms with Crippen molar-refractivity contribution in [3.8, 4) is 5.69 Å². The molecule has 0 aliphatic carbocycles. The predicted molar refractivity (Wildman–Crippen MR) is 127 cm³/mol. The van der Waals surface area contributed by atoms with Crippen molar-refractivity contribution in [2.45, 2.75) is 39.7 Å². The second kappa shape index (κ2) is 11.9. The number of guanidine groups is 1. The topological polar surface area (TPSA) is 66.7 Å². The Morgan fingerprint density at radius 1 is 1.26 bits per heavy atom. The van der Waals surface area contributed by atoms with Gasteiger partial charge in [0.25, 0.3) is 0 Å². The third kappa shape index (κ3) is 7.36. The Kier molecular flexibility index (Phi) is 8.91. The summed E-state index contributed by atoms with van der Waals surface area (Å²) in [5, 5.41) is 11.5. The zero-order chi connectivity index (χ0) is 22.1. The number of aromatic nitrogens is 2. The molecule has 0 amide bonds. The minimum Gasteiger partial charge on any atom is -0.374 e. The summed E-state index contributed by atoms with van der Waals surface area (Å²) in [6.45, 7) is 12.2. The molecular weight excluding hydrogens is 388 g/mol. The maximum absolute atomic E-state index is 5.92. The van der Waals surface area contributed by atoms with E-state index < -0.39 is 0 Å². The zero-order valence-electron chi connectivity index (χ0n) is 19.5. The Hall–Kier alpha value is -2.38. The quantitative estimate of drug-likeness (QED) is 0.367. The molecule has 7 heteroatoms. The van der Waals surface area contributed by atoms with Crippen molar-refractivity contribution in [3.05, 3.63) is 47.8 Å². The Morgan fingerprint density at radius 3 is 2.81 bits per heavy atom. The maximum atomic E-state index is 5.92. The average Bonchev–Trinajstić information content (AvgIpc) is 3.14. The van der Waals surface area contributed by atoms with Gasteiger partial charge in [-0.05, 0) is 43.4 Å². The number of ether oxygens (including phenoxy) is 1. The van der Waals surface area contributed by atoms with E-state index in [0.717, 1.165) is 69.5 Å². The Morgan fingerprint density at radius 2 is 2.06 bits per heavy atom. The van der Waals surface area contributed by atoms with Crippen LogP contribution >= 0.6 is 0 Å². The van der Waals surface area contributed by atoms with Gasteiger partial charge in [0, 0.05) is 46.0 Å². The van der Waals surface area contributed by atoms with Crippen LogP contribution in [0, 0.1) is 12.8 Å². The number of rotatable bonds is 9. The first-order valence-corrected chi connectivity index (χ1v) is 11.4. The van der Waals surface area contributed by atoms with Crippen LogP contribution in [0.25, 0.3) is 5.69 Å². The minimum atomic E-state index is 0.206. The lowest BCUT2D eigenvalue weighted by atomic mass is 10.1. The van der Waals surface area contributed by atoms with E-state index >= 15 is 0 Å². The molecule has 1 aliphatic rings. The fraction of sp³-hybridized carbons (Fsp3) is 0.583. The van der Waals surface area contributed by atoms with Gasteiger partial charge < -0.3 is 15.4 Å². The number of nitrogens with one attached hydrogen (secondary N) is 2. The number of nitrogens with zero attached hydrogens (tertiary/aromatic N) is 4. The lowest BCUT2D eigenvalue weighted by molar-refractivity contribution is -0.0284. The molecule has 1 aromatic heterocycles. The van der Waals surface area contributed by atoms with Gasteiger partial charge in [-0.3, -0.25) is 9.89 Å². The summed E-state index contributed by atoms with van der Waals surface area (Å²) in [5.74, 6) is 1.52. The predicted octanol–water partition coefficient (Wildman–Crippen LogP) is 2.64. The smallest absolute Gasteiger partial charge is 0.191 e. The maximum Gasteiger partial charge on any atom is 0.191 e. The van der Waals surface area contributed by atoms with Crippen LogP contribution < -0.4 is 10.6 Å². The SMILES string of the molecule is CN=C(NCCCc1cn(-c2ccccc2)nc1C)NCC1CN(CC(C)C)CCO1. The Balaban J connectivity index is 1.38. The molecule has 31 heavy (non-hydrogen) atoms. The zero-order valence-corrected chi connectivity index (χ0v) is 19.5. The summed E-state index contributed by atoms with van der Waals surface area (Å²) in [5.41, 5.74) is 3.47. The summed E-state index contributed by atoms with van der Waals surface area (Å²) in [7, 11) is 1.82. The van der Waals surface area contributed by atoms with Gasteiger partial charge in [-0.2, -0.15) is 5.10 Å². The number of aryl methyl sites for hydroxylation is 2. The molecule has 1 fully saturated rings. The van der Waals surface area contributed by atoms with Crippen LogP contribution in [-0.2, 0) is 11.2 Å². The van der Waals surface area contributed by atoms with Crippen molar-refractivity contribution in [3.63, 3.8) is 0 Å². The van der Waals surface area contributed by atoms with Crippen molar-refractivity contribution in [1.29, 1.82) is 0 Å². The molecule has 1 saturated heterocycles. The molecule has 1 aliphatic heterocycles. The van der Waals surface area contributed by atoms with E-state index in [-0.39, 0.29) is 6.10 Å². The van der Waals surface area contributed by atoms with Crippen LogP contribution in [0.1, 0.15) is 31.5 Å². The molecule has 0 radical (unpaired) electrons. The van der Waals surface area contributed by atoms with Crippen molar-refractivity contribution in [1.82, 2.24) is 25.3 Å². The summed E-state index contributed by atoms with van der Waals surface area (Å²) >= 11 is 0. The fourth-order valence-electron chi connectivity index (χ4n) is 3.96. The molecule has 0 spiro atoms. The standard InChI is InChI=1S/C24H38N6O/c1-19(2)16-29-13-14-31-23(18-29)15-27-24(25-4)26-12-8-9-21-17-30(28-20(21)3)22-10-6-5-7-11-22/h5-7,10-11,17,19,23H,8-9,12-16,18H2,1-4H3,(H2,25,26,27). The fourth-order valence-corrected chi connectivity index (χ4v) is 3.96. The monoisotopic (exact) mass is 426 g/mol. The minimum absolute atomic E-state index is 0.206. The van der Waals surface area contributed by atoms with E-state index in [1.165, 1.54) is 5.56 Å². The number of benzene rings is 1. The first-order valence-electron chi connectivity index (χ1n) is 11.4. The van der Waals surface area contributed by atoms with Gasteiger partial charge in [-0.1, -0.05) is 32.0 Å². The third-order valence-electron chi connectivity index (χ3n) is 5.50. The van der Waals surface area contributed by atoms with Gasteiger partial charge in [0.05, 0.1) is 24.1 Å². The van der Waals surface area contributed by atoms with Gasteiger partial charge in [0.1, 0.15) is 0 Å². The molecule has 1 aromatic carbocycles. The van der Waals surface area contributed by atoms with E-state index in [4.69, 9.17) is 4.74 Å². The number of aliphatic imine (C=N–C) groups is 1. The molecule has 3 rings (SSSR count). The molecule has 0 saturated carbocycles. The number of morpholine rings is 1. The summed E-state index contributed by atoms with van der Waals surface area (Å²) < 4.78 is 7.89. The van der Waals surface area contributed by atoms with Crippen LogP contribution in [0.15, 0.2) is 41.5 Å². The molecule has 1 unspecified atom stereocenters. The molecular formula is C24H38N6O. The van der Waals surface area contributed by atoms with Crippen LogP contribution in [-0.4, -0.2) is 73.1 Å². The highest BCUT2D eigenvalue weighted by Gasteiger charge is 2.21. The van der Waals surface area contributed by atoms with E-state index in [1.54, 1.807) is 0 Å². The number of hydrogen-bond donors (Lipinski definition) is 2. The molecule has 1 atom stereocenters. The van der Waals surface area contributed by atoms with E-state index in [0.29, 0.717) is 5.92 Å². The summed E-state index contributed by atoms with van der Waals surface area (Å²) in [6.07, 6.45) is 4.35. The second-order valence-electron chi connectivity index (χ2n) is 8.65. The summed E-state index contributed by atoms with van der Waals surface area (Å²) in [6, 6.07) is 10.2. The third-order valence-corrected chi connectivity index (χ3v) is 5.50. The van der Waals surface area contributed by atoms with Crippen molar-refractivity contribution < 1.29 is 4.74 Å². The largest absolute Gasteiger partial charge is 0.374 e. The first kappa shape index (κ1) is 23.3. The molecule has 2 aromatic rings. The highest BCUT2D eigenvalue weighted by Crippen LogP contribution is 2.13. The van der Waals surface area contributed by atoms with Crippen molar-refractivity contribution in [2.75, 3.05) is 46.4 Å². The summed E-state index contributed by atoms with van der Waals surface area (Å²) in [4.78, 5) is 6.85. The van der Waals surface area contributed by atoms with Crippen LogP contribution in [0.3, 0.4) is 0 Å². The Labute approximate surface area is 186 Å². The van der Waals surface area contributed by atoms with Gasteiger partial charge in [-0.15, -0.1) is 0 Å². The highest BCUT2D eigenvalue weighted by atomic mass is 16.5. The van der Waals surface area contributed by atoms with E-state index in [9.17, 15) is 0 Å². The lowest BCUT2D eigenvalue weighted by Gasteiger charge is -2.34. The Bertz CT molecular complexity index is 817. The first-order chi connectivity index (χ1) is 15.0. The average molecular weight is 427 g/mol. The number of hydrogen-bond acceptors (Lipinski definition) is 4. The van der Waals surface area contributed by atoms with Gasteiger partial charge in [0.2, 0.25) is 0 Å². The molecule has 170 valence electrons. The van der Waals surface area contributed by atoms with Crippen LogP contribution in [0.5, 0.6) is 0 Å². The van der Waals surface area contributed by atoms with E-state index in [2.05, 4.69) is 64.7 Å². The van der Waals surface area contributed by atoms with Gasteiger partial charge >= 0.3 is 0 Å². The van der Waals surface area contributed by atoms with Crippen molar-refractivity contribution in [2.24, 2.45) is 10.9 Å². The van der Waals surface area contributed by atoms with Gasteiger partial charge in [-0.25, -0.2) is 4.68 Å². The van der Waals surface area contributed by atoms with E-state index in [1.807, 2.05) is 29.9 Å².